The van der Waals surface area contributed by atoms with E-state index in [1.807, 2.05) is 62.3 Å². The van der Waals surface area contributed by atoms with Crippen molar-refractivity contribution in [2.75, 3.05) is 0 Å². The van der Waals surface area contributed by atoms with E-state index in [-0.39, 0.29) is 24.8 Å². The number of hydrogen-bond acceptors (Lipinski definition) is 7. The average Bonchev–Trinajstić information content (AvgIpc) is 2.44. The van der Waals surface area contributed by atoms with Gasteiger partial charge in [0.2, 0.25) is 0 Å². The molecule has 7 heteroatoms. The zero-order chi connectivity index (χ0) is 23.1. The first-order chi connectivity index (χ1) is 12.8. The van der Waals surface area contributed by atoms with Gasteiger partial charge in [0.25, 0.3) is 0 Å². The Morgan fingerprint density at radius 2 is 1.14 bits per heavy atom. The highest BCUT2D eigenvalue weighted by molar-refractivity contribution is 5.70. The zero-order valence-corrected chi connectivity index (χ0v) is 19.9. The highest BCUT2D eigenvalue weighted by Gasteiger charge is 2.30. The summed E-state index contributed by atoms with van der Waals surface area (Å²) >= 11 is 0. The van der Waals surface area contributed by atoms with Crippen molar-refractivity contribution in [3.63, 3.8) is 0 Å². The normalized spacial score (nSPS) is 14.4. The number of esters is 2. The quantitative estimate of drug-likeness (QED) is 0.410. The molecule has 0 aliphatic heterocycles. The molecule has 0 heterocycles. The van der Waals surface area contributed by atoms with Crippen LogP contribution in [0.2, 0.25) is 0 Å². The summed E-state index contributed by atoms with van der Waals surface area (Å²) in [4.78, 5) is 24.2. The maximum atomic E-state index is 12.1. The van der Waals surface area contributed by atoms with Gasteiger partial charge < -0.3 is 25.1 Å². The second-order valence-electron chi connectivity index (χ2n) is 10.8. The molecule has 0 aliphatic carbocycles. The van der Waals surface area contributed by atoms with Gasteiger partial charge in [0.15, 0.2) is 6.29 Å². The largest absolute Gasteiger partial charge is 0.460 e. The summed E-state index contributed by atoms with van der Waals surface area (Å²) in [6.07, 6.45) is 0.684. The second kappa shape index (κ2) is 10.7. The molecule has 0 fully saturated rings. The van der Waals surface area contributed by atoms with Gasteiger partial charge in [0.05, 0.1) is 5.60 Å². The number of aliphatic hydroxyl groups is 1. The fraction of sp³-hybridized carbons (Fsp3) is 0.909. The third-order valence-electron chi connectivity index (χ3n) is 3.87. The van der Waals surface area contributed by atoms with Crippen molar-refractivity contribution in [3.8, 4) is 0 Å². The fourth-order valence-corrected chi connectivity index (χ4v) is 2.74. The van der Waals surface area contributed by atoms with E-state index in [4.69, 9.17) is 19.9 Å². The fourth-order valence-electron chi connectivity index (χ4n) is 2.74. The van der Waals surface area contributed by atoms with Gasteiger partial charge in [0.1, 0.15) is 11.2 Å². The SMILES string of the molecule is CC(C)(C)OC(=O)CCC(N)(CCC(=O)OC(C)(C)C)CCC(O)OC(C)(C)C. The van der Waals surface area contributed by atoms with Crippen LogP contribution in [0.4, 0.5) is 0 Å². The van der Waals surface area contributed by atoms with Crippen LogP contribution in [0.25, 0.3) is 0 Å². The lowest BCUT2D eigenvalue weighted by atomic mass is 9.84. The smallest absolute Gasteiger partial charge is 0.306 e. The summed E-state index contributed by atoms with van der Waals surface area (Å²) in [6, 6.07) is 0. The number of nitrogens with two attached hydrogens (primary N) is 1. The molecule has 0 radical (unpaired) electrons. The molecule has 0 amide bonds. The summed E-state index contributed by atoms with van der Waals surface area (Å²) in [5, 5.41) is 10.1. The van der Waals surface area contributed by atoms with E-state index in [0.717, 1.165) is 0 Å². The number of aliphatic hydroxyl groups excluding tert-OH is 1. The van der Waals surface area contributed by atoms with Crippen molar-refractivity contribution < 1.29 is 28.9 Å². The van der Waals surface area contributed by atoms with Crippen molar-refractivity contribution in [1.82, 2.24) is 0 Å². The van der Waals surface area contributed by atoms with Gasteiger partial charge >= 0.3 is 11.9 Å². The Kier molecular flexibility index (Phi) is 10.3. The first-order valence-corrected chi connectivity index (χ1v) is 10.4. The van der Waals surface area contributed by atoms with Crippen molar-refractivity contribution in [2.45, 2.75) is 129 Å². The Labute approximate surface area is 176 Å². The van der Waals surface area contributed by atoms with Gasteiger partial charge in [-0.15, -0.1) is 0 Å². The van der Waals surface area contributed by atoms with Crippen LogP contribution in [-0.4, -0.2) is 45.7 Å². The van der Waals surface area contributed by atoms with Crippen molar-refractivity contribution in [1.29, 1.82) is 0 Å². The predicted octanol–water partition coefficient (Wildman–Crippen LogP) is 3.84. The van der Waals surface area contributed by atoms with Crippen LogP contribution in [0.3, 0.4) is 0 Å². The van der Waals surface area contributed by atoms with E-state index >= 15 is 0 Å². The first kappa shape index (κ1) is 27.8. The van der Waals surface area contributed by atoms with E-state index in [9.17, 15) is 14.7 Å². The van der Waals surface area contributed by atoms with E-state index in [2.05, 4.69) is 0 Å². The van der Waals surface area contributed by atoms with Gasteiger partial charge in [-0.1, -0.05) is 0 Å². The van der Waals surface area contributed by atoms with Gasteiger partial charge in [-0.05, 0) is 88.0 Å². The van der Waals surface area contributed by atoms with Crippen molar-refractivity contribution in [3.05, 3.63) is 0 Å². The third kappa shape index (κ3) is 16.3. The molecule has 1 unspecified atom stereocenters. The second-order valence-corrected chi connectivity index (χ2v) is 10.8. The molecule has 1 atom stereocenters. The van der Waals surface area contributed by atoms with Crippen LogP contribution in [0.5, 0.6) is 0 Å². The number of rotatable bonds is 10. The molecule has 29 heavy (non-hydrogen) atoms. The van der Waals surface area contributed by atoms with Crippen LogP contribution in [-0.2, 0) is 23.8 Å². The highest BCUT2D eigenvalue weighted by atomic mass is 16.6. The molecule has 0 spiro atoms. The minimum Gasteiger partial charge on any atom is -0.460 e. The van der Waals surface area contributed by atoms with E-state index in [1.54, 1.807) is 0 Å². The molecule has 172 valence electrons. The molecular formula is C22H43NO6. The summed E-state index contributed by atoms with van der Waals surface area (Å²) in [7, 11) is 0. The van der Waals surface area contributed by atoms with Gasteiger partial charge in [0, 0.05) is 18.4 Å². The van der Waals surface area contributed by atoms with Crippen molar-refractivity contribution in [2.24, 2.45) is 5.73 Å². The van der Waals surface area contributed by atoms with Gasteiger partial charge in [-0.25, -0.2) is 0 Å². The molecule has 3 N–H and O–H groups in total. The lowest BCUT2D eigenvalue weighted by Crippen LogP contribution is -2.43. The third-order valence-corrected chi connectivity index (χ3v) is 3.87. The Morgan fingerprint density at radius 1 is 0.759 bits per heavy atom. The molecule has 0 aliphatic rings. The summed E-state index contributed by atoms with van der Waals surface area (Å²) in [5.41, 5.74) is 4.11. The van der Waals surface area contributed by atoms with E-state index < -0.39 is 28.6 Å². The minimum atomic E-state index is -0.971. The first-order valence-electron chi connectivity index (χ1n) is 10.4. The highest BCUT2D eigenvalue weighted by Crippen LogP contribution is 2.26. The molecule has 0 aromatic carbocycles. The topological polar surface area (TPSA) is 108 Å². The average molecular weight is 418 g/mol. The van der Waals surface area contributed by atoms with E-state index in [1.165, 1.54) is 0 Å². The molecule has 0 rings (SSSR count). The summed E-state index contributed by atoms with van der Waals surface area (Å²) in [5.74, 6) is -0.674. The Hall–Kier alpha value is -1.18. The minimum absolute atomic E-state index is 0.137. The molecule has 7 nitrogen and oxygen atoms in total. The predicted molar refractivity (Wildman–Crippen MR) is 113 cm³/mol. The summed E-state index contributed by atoms with van der Waals surface area (Å²) in [6.45, 7) is 16.4. The lowest BCUT2D eigenvalue weighted by molar-refractivity contribution is -0.170. The molecule has 0 saturated heterocycles. The van der Waals surface area contributed by atoms with Crippen LogP contribution in [0, 0.1) is 0 Å². The van der Waals surface area contributed by atoms with Crippen LogP contribution in [0.15, 0.2) is 0 Å². The summed E-state index contributed by atoms with van der Waals surface area (Å²) < 4.78 is 16.2. The monoisotopic (exact) mass is 417 g/mol. The number of hydrogen-bond donors (Lipinski definition) is 2. The Bertz CT molecular complexity index is 493. The number of ether oxygens (including phenoxy) is 3. The number of carbonyl (C=O) groups excluding carboxylic acids is 2. The van der Waals surface area contributed by atoms with Gasteiger partial charge in [-0.3, -0.25) is 9.59 Å². The van der Waals surface area contributed by atoms with Crippen LogP contribution in [0.1, 0.15) is 101 Å². The lowest BCUT2D eigenvalue weighted by Gasteiger charge is -2.32. The molecule has 0 bridgehead atoms. The molecular weight excluding hydrogens is 374 g/mol. The van der Waals surface area contributed by atoms with E-state index in [0.29, 0.717) is 25.7 Å². The molecule has 0 aromatic rings. The van der Waals surface area contributed by atoms with Crippen LogP contribution < -0.4 is 5.73 Å². The number of carbonyl (C=O) groups is 2. The van der Waals surface area contributed by atoms with Crippen molar-refractivity contribution >= 4 is 11.9 Å². The maximum Gasteiger partial charge on any atom is 0.306 e. The Morgan fingerprint density at radius 3 is 1.45 bits per heavy atom. The maximum absolute atomic E-state index is 12.1. The molecule has 0 saturated carbocycles. The Balaban J connectivity index is 4.96. The standard InChI is InChI=1S/C22H43NO6/c1-19(2,3)27-16(24)10-13-22(23,14-11-17(25)28-20(4,5)6)15-12-18(26)29-21(7,8)9/h16,24H,10-15,23H2,1-9H3. The molecule has 0 aromatic heterocycles. The van der Waals surface area contributed by atoms with Gasteiger partial charge in [-0.2, -0.15) is 0 Å². The van der Waals surface area contributed by atoms with Crippen LogP contribution >= 0.6 is 0 Å². The zero-order valence-electron chi connectivity index (χ0n) is 19.9.